The largest absolute Gasteiger partial charge is 1.00 e. The normalized spacial score (nSPS) is 11.5. The van der Waals surface area contributed by atoms with Crippen molar-refractivity contribution in [1.82, 2.24) is 0 Å². The van der Waals surface area contributed by atoms with Crippen LogP contribution in [0, 0.1) is 0 Å². The minimum atomic E-state index is -4.31. The summed E-state index contributed by atoms with van der Waals surface area (Å²) >= 11 is 0. The predicted molar refractivity (Wildman–Crippen MR) is 83.8 cm³/mol. The summed E-state index contributed by atoms with van der Waals surface area (Å²) in [7, 11) is -4.31. The molecule has 0 aliphatic heterocycles. The zero-order valence-electron chi connectivity index (χ0n) is 12.7. The maximum atomic E-state index is 12.0. The number of fused-ring (bicyclic) bond motifs is 1. The Morgan fingerprint density at radius 2 is 1.67 bits per heavy atom. The van der Waals surface area contributed by atoms with Crippen LogP contribution in [0.4, 0.5) is 11.4 Å². The molecule has 0 aliphatic rings. The minimum Gasteiger partial charge on any atom is -0.871 e. The van der Waals surface area contributed by atoms with Crippen LogP contribution in [0.1, 0.15) is 0 Å². The first kappa shape index (κ1) is 18.6. The molecule has 0 saturated heterocycles. The Labute approximate surface area is 160 Å². The Hall–Kier alpha value is -1.77. The van der Waals surface area contributed by atoms with Crippen molar-refractivity contribution in [1.29, 1.82) is 0 Å². The van der Waals surface area contributed by atoms with Crippen LogP contribution < -0.4 is 34.7 Å². The molecule has 0 radical (unpaired) electrons. The molecule has 1 N–H and O–H groups in total. The molecule has 0 heterocycles. The van der Waals surface area contributed by atoms with Gasteiger partial charge in [-0.05, 0) is 23.6 Å². The maximum Gasteiger partial charge on any atom is 1.00 e. The van der Waals surface area contributed by atoms with Gasteiger partial charge in [0.05, 0.1) is 16.3 Å². The average Bonchev–Trinajstić information content (AvgIpc) is 2.53. The van der Waals surface area contributed by atoms with Gasteiger partial charge in [0.2, 0.25) is 0 Å². The summed E-state index contributed by atoms with van der Waals surface area (Å²) in [5.41, 5.74) is 0.396. The van der Waals surface area contributed by atoms with Gasteiger partial charge in [0.1, 0.15) is 0 Å². The smallest absolute Gasteiger partial charge is 0.871 e. The standard InChI is InChI=1S/C16H12N2O4S.Na/c19-15-9-8-11-4-1-2-7-14(11)16(15)18-17-12-5-3-6-13(10-12)23(20,21)22;/h1-10,19H,(H,20,21,22);/q;+1/p-1. The molecule has 0 unspecified atom stereocenters. The monoisotopic (exact) mass is 350 g/mol. The number of hydrogen-bond donors (Lipinski definition) is 1. The molecule has 6 nitrogen and oxygen atoms in total. The molecular formula is C16H11N2NaO4S. The van der Waals surface area contributed by atoms with Crippen LogP contribution in [-0.4, -0.2) is 13.0 Å². The van der Waals surface area contributed by atoms with Crippen molar-refractivity contribution in [2.75, 3.05) is 0 Å². The fraction of sp³-hybridized carbons (Fsp3) is 0. The third-order valence-corrected chi connectivity index (χ3v) is 4.09. The van der Waals surface area contributed by atoms with Crippen molar-refractivity contribution in [2.45, 2.75) is 4.90 Å². The summed E-state index contributed by atoms with van der Waals surface area (Å²) in [5.74, 6) is -0.279. The van der Waals surface area contributed by atoms with E-state index in [1.165, 1.54) is 30.3 Å². The molecule has 0 fully saturated rings. The van der Waals surface area contributed by atoms with Gasteiger partial charge in [-0.2, -0.15) is 18.6 Å². The van der Waals surface area contributed by atoms with Crippen molar-refractivity contribution in [2.24, 2.45) is 10.2 Å². The van der Waals surface area contributed by atoms with Crippen LogP contribution in [0.15, 0.2) is 75.8 Å². The first-order chi connectivity index (χ1) is 10.9. The van der Waals surface area contributed by atoms with Crippen molar-refractivity contribution < 1.29 is 47.6 Å². The molecule has 24 heavy (non-hydrogen) atoms. The van der Waals surface area contributed by atoms with E-state index in [-0.39, 0.29) is 51.6 Å². The molecule has 116 valence electrons. The summed E-state index contributed by atoms with van der Waals surface area (Å²) in [6.07, 6.45) is 0. The predicted octanol–water partition coefficient (Wildman–Crippen LogP) is 0.579. The van der Waals surface area contributed by atoms with Crippen molar-refractivity contribution in [3.63, 3.8) is 0 Å². The molecule has 3 aromatic carbocycles. The van der Waals surface area contributed by atoms with Crippen molar-refractivity contribution >= 4 is 32.3 Å². The number of azo groups is 1. The second-order valence-corrected chi connectivity index (χ2v) is 6.23. The van der Waals surface area contributed by atoms with Crippen LogP contribution in [-0.2, 0) is 10.1 Å². The molecule has 0 atom stereocenters. The zero-order valence-corrected chi connectivity index (χ0v) is 15.6. The van der Waals surface area contributed by atoms with Gasteiger partial charge >= 0.3 is 29.6 Å². The van der Waals surface area contributed by atoms with E-state index in [1.807, 2.05) is 12.1 Å². The van der Waals surface area contributed by atoms with Gasteiger partial charge in [-0.25, -0.2) is 0 Å². The molecule has 3 aromatic rings. The van der Waals surface area contributed by atoms with Crippen LogP contribution in [0.2, 0.25) is 0 Å². The quantitative estimate of drug-likeness (QED) is 0.424. The van der Waals surface area contributed by atoms with E-state index in [4.69, 9.17) is 4.55 Å². The molecule has 0 bridgehead atoms. The first-order valence-corrected chi connectivity index (χ1v) is 8.07. The van der Waals surface area contributed by atoms with Gasteiger partial charge in [-0.1, -0.05) is 48.2 Å². The third-order valence-electron chi connectivity index (χ3n) is 3.24. The average molecular weight is 350 g/mol. The Kier molecular flexibility index (Phi) is 5.74. The third kappa shape index (κ3) is 4.00. The fourth-order valence-electron chi connectivity index (χ4n) is 2.15. The Morgan fingerprint density at radius 1 is 0.917 bits per heavy atom. The minimum absolute atomic E-state index is 0. The SMILES string of the molecule is O=S(=O)(O)c1cccc(N=Nc2c([O-])ccc3ccccc23)c1.[Na+]. The van der Waals surface area contributed by atoms with Crippen LogP contribution in [0.3, 0.4) is 0 Å². The summed E-state index contributed by atoms with van der Waals surface area (Å²) in [5, 5.41) is 21.4. The summed E-state index contributed by atoms with van der Waals surface area (Å²) in [6, 6.07) is 15.7. The van der Waals surface area contributed by atoms with E-state index in [1.54, 1.807) is 18.2 Å². The van der Waals surface area contributed by atoms with E-state index in [2.05, 4.69) is 10.2 Å². The Balaban J connectivity index is 0.00000208. The molecular weight excluding hydrogens is 339 g/mol. The van der Waals surface area contributed by atoms with E-state index in [0.29, 0.717) is 5.39 Å². The number of rotatable bonds is 3. The summed E-state index contributed by atoms with van der Waals surface area (Å²) < 4.78 is 31.3. The van der Waals surface area contributed by atoms with Crippen LogP contribution in [0.25, 0.3) is 10.8 Å². The van der Waals surface area contributed by atoms with E-state index in [9.17, 15) is 13.5 Å². The molecule has 0 amide bonds. The Morgan fingerprint density at radius 3 is 2.42 bits per heavy atom. The topological polar surface area (TPSA) is 102 Å². The molecule has 0 saturated carbocycles. The first-order valence-electron chi connectivity index (χ1n) is 6.63. The van der Waals surface area contributed by atoms with E-state index >= 15 is 0 Å². The van der Waals surface area contributed by atoms with Crippen LogP contribution >= 0.6 is 0 Å². The van der Waals surface area contributed by atoms with Crippen molar-refractivity contribution in [3.05, 3.63) is 60.7 Å². The molecule has 0 aromatic heterocycles. The summed E-state index contributed by atoms with van der Waals surface area (Å²) in [6.45, 7) is 0. The van der Waals surface area contributed by atoms with Crippen LogP contribution in [0.5, 0.6) is 5.75 Å². The summed E-state index contributed by atoms with van der Waals surface area (Å²) in [4.78, 5) is -0.283. The number of nitrogens with zero attached hydrogens (tertiary/aromatic N) is 2. The number of benzene rings is 3. The maximum absolute atomic E-state index is 12.0. The van der Waals surface area contributed by atoms with Gasteiger partial charge < -0.3 is 5.11 Å². The van der Waals surface area contributed by atoms with E-state index in [0.717, 1.165) is 5.39 Å². The number of hydrogen-bond acceptors (Lipinski definition) is 5. The van der Waals surface area contributed by atoms with Gasteiger partial charge in [0.25, 0.3) is 10.1 Å². The molecule has 8 heteroatoms. The van der Waals surface area contributed by atoms with E-state index < -0.39 is 10.1 Å². The molecule has 0 spiro atoms. The zero-order chi connectivity index (χ0) is 16.4. The fourth-order valence-corrected chi connectivity index (χ4v) is 2.67. The van der Waals surface area contributed by atoms with Gasteiger partial charge in [0, 0.05) is 5.39 Å². The van der Waals surface area contributed by atoms with Gasteiger partial charge in [-0.15, -0.1) is 0 Å². The second-order valence-electron chi connectivity index (χ2n) is 4.81. The second kappa shape index (κ2) is 7.42. The van der Waals surface area contributed by atoms with Crippen molar-refractivity contribution in [3.8, 4) is 5.75 Å². The van der Waals surface area contributed by atoms with Gasteiger partial charge in [-0.3, -0.25) is 4.55 Å². The Bertz CT molecular complexity index is 1020. The van der Waals surface area contributed by atoms with Gasteiger partial charge in [0.15, 0.2) is 0 Å². The molecule has 0 aliphatic carbocycles. The molecule has 3 rings (SSSR count).